The molecule has 4 atom stereocenters. The molecule has 43 heavy (non-hydrogen) atoms. The van der Waals surface area contributed by atoms with Crippen LogP contribution >= 0.6 is 22.9 Å². The van der Waals surface area contributed by atoms with Crippen molar-refractivity contribution in [2.24, 2.45) is 5.92 Å². The van der Waals surface area contributed by atoms with Crippen molar-refractivity contribution in [2.75, 3.05) is 11.9 Å². The highest BCUT2D eigenvalue weighted by Crippen LogP contribution is 2.47. The fourth-order valence-corrected chi connectivity index (χ4v) is 14.5. The molecule has 1 fully saturated rings. The molecule has 11 heteroatoms. The average molecular weight is 668 g/mol. The first kappa shape index (κ1) is 36.3. The van der Waals surface area contributed by atoms with Crippen LogP contribution < -0.4 is 5.32 Å². The van der Waals surface area contributed by atoms with Gasteiger partial charge in [0.15, 0.2) is 8.32 Å². The predicted octanol–water partition coefficient (Wildman–Crippen LogP) is 9.25. The molecule has 2 heterocycles. The van der Waals surface area contributed by atoms with Crippen LogP contribution in [-0.2, 0) is 8.85 Å². The lowest BCUT2D eigenvalue weighted by Crippen LogP contribution is -2.51. The molecule has 2 aromatic heterocycles. The summed E-state index contributed by atoms with van der Waals surface area (Å²) >= 11 is 7.50. The third kappa shape index (κ3) is 7.99. The second-order valence-electron chi connectivity index (χ2n) is 14.7. The van der Waals surface area contributed by atoms with Crippen molar-refractivity contribution in [3.63, 3.8) is 0 Å². The van der Waals surface area contributed by atoms with Gasteiger partial charge in [-0.3, -0.25) is 4.79 Å². The van der Waals surface area contributed by atoms with Crippen LogP contribution in [-0.4, -0.2) is 56.2 Å². The summed E-state index contributed by atoms with van der Waals surface area (Å²) in [6.07, 6.45) is 4.02. The summed E-state index contributed by atoms with van der Waals surface area (Å²) in [5.74, 6) is 0.537. The van der Waals surface area contributed by atoms with E-state index < -0.39 is 22.7 Å². The highest BCUT2D eigenvalue weighted by atomic mass is 35.5. The molecule has 0 aliphatic heterocycles. The fraction of sp³-hybridized carbons (Fsp3) is 0.719. The van der Waals surface area contributed by atoms with Crippen LogP contribution in [0.5, 0.6) is 0 Å². The Morgan fingerprint density at radius 3 is 2.23 bits per heavy atom. The van der Waals surface area contributed by atoms with Gasteiger partial charge in [0.2, 0.25) is 14.1 Å². The number of rotatable bonds is 13. The van der Waals surface area contributed by atoms with Gasteiger partial charge in [0.25, 0.3) is 0 Å². The maximum atomic E-state index is 13.6. The van der Waals surface area contributed by atoms with E-state index in [1.165, 1.54) is 17.7 Å². The number of aliphatic hydroxyl groups excluding tert-OH is 1. The molecule has 0 radical (unpaired) electrons. The van der Waals surface area contributed by atoms with E-state index in [-0.39, 0.29) is 28.9 Å². The molecular weight excluding hydrogens is 614 g/mol. The van der Waals surface area contributed by atoms with Gasteiger partial charge in [-0.15, -0.1) is 11.3 Å². The van der Waals surface area contributed by atoms with Crippen molar-refractivity contribution in [3.8, 4) is 0 Å². The molecular formula is C32H54ClN3O4SSi2. The van der Waals surface area contributed by atoms with Crippen molar-refractivity contribution in [3.05, 3.63) is 38.9 Å². The topological polar surface area (TPSA) is 93.6 Å². The van der Waals surface area contributed by atoms with Crippen molar-refractivity contribution >= 4 is 51.2 Å². The SMILES string of the molecule is CC(O)c1cc(C(=O)c2cncnc2N[C@@H]2C[C@H](CO[Si](C)(C)C(C)(C)C)[C@@H](O[Si](C(C)C)(C(C)C)C(C)C)C2)sc1Cl. The molecule has 2 aromatic rings. The number of halogens is 1. The Balaban J connectivity index is 1.91. The number of hydrogen-bond acceptors (Lipinski definition) is 8. The van der Waals surface area contributed by atoms with Crippen molar-refractivity contribution < 1.29 is 18.8 Å². The molecule has 242 valence electrons. The molecule has 7 nitrogen and oxygen atoms in total. The van der Waals surface area contributed by atoms with E-state index in [1.807, 2.05) is 0 Å². The van der Waals surface area contributed by atoms with Crippen LogP contribution in [0.1, 0.15) is 109 Å². The summed E-state index contributed by atoms with van der Waals surface area (Å²) in [4.78, 5) is 22.7. The number of carbonyl (C=O) groups is 1. The van der Waals surface area contributed by atoms with E-state index in [9.17, 15) is 9.90 Å². The van der Waals surface area contributed by atoms with E-state index in [2.05, 4.69) is 90.7 Å². The molecule has 0 saturated heterocycles. The van der Waals surface area contributed by atoms with E-state index in [0.29, 0.717) is 49.4 Å². The molecule has 2 N–H and O–H groups in total. The number of ketones is 1. The van der Waals surface area contributed by atoms with Gasteiger partial charge < -0.3 is 19.3 Å². The van der Waals surface area contributed by atoms with E-state index in [0.717, 1.165) is 12.8 Å². The average Bonchev–Trinajstić information content (AvgIpc) is 3.47. The lowest BCUT2D eigenvalue weighted by atomic mass is 10.1. The van der Waals surface area contributed by atoms with E-state index in [1.54, 1.807) is 19.2 Å². The van der Waals surface area contributed by atoms with Crippen molar-refractivity contribution in [1.29, 1.82) is 0 Å². The highest BCUT2D eigenvalue weighted by Gasteiger charge is 2.50. The third-order valence-electron chi connectivity index (χ3n) is 9.84. The summed E-state index contributed by atoms with van der Waals surface area (Å²) in [6.45, 7) is 27.7. The minimum absolute atomic E-state index is 0.0619. The van der Waals surface area contributed by atoms with Crippen LogP contribution in [0, 0.1) is 5.92 Å². The smallest absolute Gasteiger partial charge is 0.208 e. The number of hydrogen-bond donors (Lipinski definition) is 2. The number of anilines is 1. The van der Waals surface area contributed by atoms with Crippen LogP contribution in [0.3, 0.4) is 0 Å². The minimum Gasteiger partial charge on any atom is -0.416 e. The van der Waals surface area contributed by atoms with Gasteiger partial charge in [-0.2, -0.15) is 0 Å². The second kappa shape index (κ2) is 14.1. The van der Waals surface area contributed by atoms with Crippen LogP contribution in [0.15, 0.2) is 18.6 Å². The summed E-state index contributed by atoms with van der Waals surface area (Å²) in [6, 6.07) is 1.73. The zero-order chi connectivity index (χ0) is 32.5. The minimum atomic E-state index is -2.14. The standard InChI is InChI=1S/C32H54ClN3O4SSi2/c1-19(2)43(20(3)4,21(5)6)40-27-14-24(13-23(27)17-39-42(11,12)32(8,9)10)36-31-26(16-34-18-35-31)29(38)28-15-25(22(7)37)30(33)41-28/h15-16,18-24,27,37H,13-14,17H2,1-12H3,(H,34,35,36)/t22?,23-,24-,27+/m1/s1. The van der Waals surface area contributed by atoms with Crippen LogP contribution in [0.4, 0.5) is 5.82 Å². The Morgan fingerprint density at radius 1 is 1.12 bits per heavy atom. The molecule has 1 aliphatic carbocycles. The molecule has 1 saturated carbocycles. The second-order valence-corrected chi connectivity index (χ2v) is 26.6. The Labute approximate surface area is 270 Å². The van der Waals surface area contributed by atoms with Crippen LogP contribution in [0.25, 0.3) is 0 Å². The Bertz CT molecular complexity index is 1220. The maximum absolute atomic E-state index is 13.6. The maximum Gasteiger partial charge on any atom is 0.208 e. The van der Waals surface area contributed by atoms with E-state index >= 15 is 0 Å². The van der Waals surface area contributed by atoms with Gasteiger partial charge in [-0.1, -0.05) is 73.9 Å². The lowest BCUT2D eigenvalue weighted by molar-refractivity contribution is 0.0971. The number of carbonyl (C=O) groups excluding carboxylic acids is 1. The number of nitrogens with one attached hydrogen (secondary N) is 1. The number of thiophene rings is 1. The van der Waals surface area contributed by atoms with Crippen molar-refractivity contribution in [2.45, 2.75) is 135 Å². The summed E-state index contributed by atoms with van der Waals surface area (Å²) in [5, 5.41) is 13.8. The van der Waals surface area contributed by atoms with Crippen molar-refractivity contribution in [1.82, 2.24) is 9.97 Å². The van der Waals surface area contributed by atoms with Gasteiger partial charge in [0, 0.05) is 30.3 Å². The monoisotopic (exact) mass is 667 g/mol. The molecule has 1 unspecified atom stereocenters. The first-order valence-electron chi connectivity index (χ1n) is 15.7. The Morgan fingerprint density at radius 2 is 1.72 bits per heavy atom. The lowest BCUT2D eigenvalue weighted by Gasteiger charge is -2.45. The van der Waals surface area contributed by atoms with Gasteiger partial charge in [0.1, 0.15) is 12.1 Å². The summed E-state index contributed by atoms with van der Waals surface area (Å²) < 4.78 is 14.6. The van der Waals surface area contributed by atoms with E-state index in [4.69, 9.17) is 20.5 Å². The third-order valence-corrected chi connectivity index (χ3v) is 21.9. The quantitative estimate of drug-likeness (QED) is 0.162. The predicted molar refractivity (Wildman–Crippen MR) is 185 cm³/mol. The fourth-order valence-electron chi connectivity index (χ4n) is 6.44. The van der Waals surface area contributed by atoms with Gasteiger partial charge in [0.05, 0.1) is 27.0 Å². The van der Waals surface area contributed by atoms with Gasteiger partial charge in [-0.25, -0.2) is 9.97 Å². The Kier molecular flexibility index (Phi) is 11.9. The molecule has 0 bridgehead atoms. The summed E-state index contributed by atoms with van der Waals surface area (Å²) in [7, 11) is -4.09. The molecule has 3 rings (SSSR count). The van der Waals surface area contributed by atoms with Crippen LogP contribution in [0.2, 0.25) is 39.1 Å². The first-order chi connectivity index (χ1) is 19.8. The molecule has 0 amide bonds. The van der Waals surface area contributed by atoms with Gasteiger partial charge in [-0.05, 0) is 60.6 Å². The van der Waals surface area contributed by atoms with Gasteiger partial charge >= 0.3 is 0 Å². The summed E-state index contributed by atoms with van der Waals surface area (Å²) in [5.41, 5.74) is 2.39. The largest absolute Gasteiger partial charge is 0.416 e. The zero-order valence-electron chi connectivity index (χ0n) is 28.2. The number of nitrogens with zero attached hydrogens (tertiary/aromatic N) is 2. The Hall–Kier alpha value is -1.15. The number of aliphatic hydroxyl groups is 1. The molecule has 0 spiro atoms. The number of aromatic nitrogens is 2. The highest BCUT2D eigenvalue weighted by molar-refractivity contribution is 7.18. The normalized spacial score (nSPS) is 20.8. The first-order valence-corrected chi connectivity index (χ1v) is 22.0. The molecule has 0 aromatic carbocycles. The zero-order valence-corrected chi connectivity index (χ0v) is 31.8. The molecule has 1 aliphatic rings.